The molecule has 0 aliphatic carbocycles. The zero-order valence-corrected chi connectivity index (χ0v) is 34.0. The van der Waals surface area contributed by atoms with Gasteiger partial charge >= 0.3 is 6.03 Å². The van der Waals surface area contributed by atoms with Gasteiger partial charge < -0.3 is 25.2 Å². The minimum Gasteiger partial charge on any atom is -0.507 e. The van der Waals surface area contributed by atoms with Crippen molar-refractivity contribution in [1.82, 2.24) is 29.9 Å². The van der Waals surface area contributed by atoms with Crippen LogP contribution in [0.4, 0.5) is 26.4 Å². The molecule has 4 fully saturated rings. The Kier molecular flexibility index (Phi) is 10.7. The number of likely N-dealkylation sites (tertiary alicyclic amines) is 2. The zero-order chi connectivity index (χ0) is 41.5. The number of phenolic OH excluding ortho intramolecular Hbond substituents is 1. The van der Waals surface area contributed by atoms with Gasteiger partial charge in [-0.2, -0.15) is 0 Å². The Morgan fingerprint density at radius 3 is 2.45 bits per heavy atom. The van der Waals surface area contributed by atoms with Crippen LogP contribution in [0.3, 0.4) is 0 Å². The Bertz CT molecular complexity index is 2420. The van der Waals surface area contributed by atoms with E-state index < -0.39 is 11.7 Å². The maximum atomic E-state index is 16.4. The number of rotatable bonds is 8. The number of fused-ring (bicyclic) bond motifs is 1. The molecule has 6 heterocycles. The summed E-state index contributed by atoms with van der Waals surface area (Å²) in [6.45, 7) is 6.82. The van der Waals surface area contributed by atoms with Crippen LogP contribution in [0.2, 0.25) is 0 Å². The van der Waals surface area contributed by atoms with Crippen LogP contribution >= 0.6 is 0 Å². The zero-order valence-electron chi connectivity index (χ0n) is 34.0. The molecule has 0 bridgehead atoms. The fourth-order valence-corrected chi connectivity index (χ4v) is 9.69. The lowest BCUT2D eigenvalue weighted by Crippen LogP contribution is -2.53. The summed E-state index contributed by atoms with van der Waals surface area (Å²) in [5.74, 6) is 0.207. The summed E-state index contributed by atoms with van der Waals surface area (Å²) in [7, 11) is 0. The fourth-order valence-electron chi connectivity index (χ4n) is 9.69. The number of nitrogens with zero attached hydrogens (tertiary/aromatic N) is 7. The second-order valence-electron chi connectivity index (χ2n) is 17.0. The number of halogens is 1. The molecule has 0 saturated carbocycles. The Labute approximate surface area is 348 Å². The number of urea groups is 1. The first-order valence-electron chi connectivity index (χ1n) is 21.2. The van der Waals surface area contributed by atoms with Gasteiger partial charge in [0.2, 0.25) is 5.91 Å². The van der Waals surface area contributed by atoms with Gasteiger partial charge in [-0.15, -0.1) is 10.2 Å². The molecule has 0 spiro atoms. The van der Waals surface area contributed by atoms with Crippen molar-refractivity contribution in [2.45, 2.75) is 76.0 Å². The van der Waals surface area contributed by atoms with Crippen LogP contribution in [0.5, 0.6) is 5.75 Å². The molecule has 4 amide bonds. The van der Waals surface area contributed by atoms with Gasteiger partial charge in [0.1, 0.15) is 5.75 Å². The number of carbonyl (C=O) groups excluding carboxylic acids is 3. The number of imide groups is 1. The lowest BCUT2D eigenvalue weighted by molar-refractivity contribution is -0.148. The highest BCUT2D eigenvalue weighted by atomic mass is 19.1. The summed E-state index contributed by atoms with van der Waals surface area (Å²) < 4.78 is 18.7. The monoisotopic (exact) mass is 813 g/mol. The molecule has 9 rings (SSSR count). The lowest BCUT2D eigenvalue weighted by atomic mass is 9.89. The van der Waals surface area contributed by atoms with Crippen molar-refractivity contribution < 1.29 is 23.9 Å². The molecule has 2 aromatic heterocycles. The predicted molar refractivity (Wildman–Crippen MR) is 230 cm³/mol. The van der Waals surface area contributed by atoms with E-state index in [0.29, 0.717) is 62.3 Å². The van der Waals surface area contributed by atoms with E-state index in [4.69, 9.17) is 5.73 Å². The van der Waals surface area contributed by atoms with Gasteiger partial charge in [0.05, 0.1) is 11.4 Å². The number of nitrogen functional groups attached to an aromatic ring is 1. The number of nitrogens with two attached hydrogens (primary N) is 1. The number of phenols is 1. The van der Waals surface area contributed by atoms with Gasteiger partial charge in [0, 0.05) is 112 Å². The summed E-state index contributed by atoms with van der Waals surface area (Å²) in [4.78, 5) is 45.6. The number of hydrogen-bond donors (Lipinski definition) is 3. The van der Waals surface area contributed by atoms with Crippen LogP contribution in [0.15, 0.2) is 79.0 Å². The number of aromatic nitrogens is 3. The molecule has 3 aromatic carbocycles. The molecule has 312 valence electrons. The summed E-state index contributed by atoms with van der Waals surface area (Å²) >= 11 is 0. The van der Waals surface area contributed by atoms with Gasteiger partial charge in [-0.3, -0.25) is 24.7 Å². The number of aryl methyl sites for hydroxylation is 1. The topological polar surface area (TPSA) is 153 Å². The van der Waals surface area contributed by atoms with E-state index in [9.17, 15) is 19.5 Å². The van der Waals surface area contributed by atoms with Crippen molar-refractivity contribution in [1.29, 1.82) is 0 Å². The molecule has 0 unspecified atom stereocenters. The minimum atomic E-state index is -1.85. The average molecular weight is 814 g/mol. The molecule has 1 atom stereocenters. The third-order valence-corrected chi connectivity index (χ3v) is 13.2. The van der Waals surface area contributed by atoms with E-state index in [2.05, 4.69) is 67.3 Å². The van der Waals surface area contributed by atoms with Gasteiger partial charge in [0.25, 0.3) is 5.91 Å². The average Bonchev–Trinajstić information content (AvgIpc) is 3.60. The first-order valence-corrected chi connectivity index (χ1v) is 21.2. The van der Waals surface area contributed by atoms with Crippen molar-refractivity contribution in [2.75, 3.05) is 61.3 Å². The Hall–Kier alpha value is -6.02. The standard InChI is InChI=1S/C46H52FN9O4/c1-30-27-56(39-13-12-35(25-37(30)39)55-22-16-42(58)49-45(55)60)34-14-20-53(21-15-34)44(59)46(47)17-23-52(24-18-46)28-31-8-10-32(11-9-31)33-5-4-19-54(29-33)40-26-38(50-51-43(40)48)36-6-2-3-7-41(36)57/h2-3,6-13,25-27,33-34,57H,4-5,14-24,28-29H2,1H3,(H2,48,51)(H,49,58,60)/t33-/m0/s1. The fraction of sp³-hybridized carbons (Fsp3) is 0.413. The Morgan fingerprint density at radius 2 is 1.70 bits per heavy atom. The normalized spacial score (nSPS) is 20.4. The summed E-state index contributed by atoms with van der Waals surface area (Å²) in [5.41, 5.74) is 11.8. The molecule has 4 aliphatic rings. The SMILES string of the molecule is Cc1cn(C2CCN(C(=O)C3(F)CCN(Cc4ccc([C@H]5CCCN(c6cc(-c7ccccc7O)nnc6N)C5)cc4)CC3)CC2)c2ccc(N3CCC(=O)NC3=O)cc12. The number of hydrogen-bond acceptors (Lipinski definition) is 9. The van der Waals surface area contributed by atoms with Crippen LogP contribution in [-0.2, 0) is 16.1 Å². The maximum absolute atomic E-state index is 16.4. The number of nitrogens with one attached hydrogen (secondary N) is 1. The molecular weight excluding hydrogens is 762 g/mol. The van der Waals surface area contributed by atoms with E-state index >= 15 is 4.39 Å². The molecule has 13 nitrogen and oxygen atoms in total. The van der Waals surface area contributed by atoms with Crippen LogP contribution in [-0.4, -0.2) is 99.0 Å². The van der Waals surface area contributed by atoms with Crippen molar-refractivity contribution in [3.8, 4) is 17.0 Å². The quantitative estimate of drug-likeness (QED) is 0.156. The minimum absolute atomic E-state index is 0.150. The van der Waals surface area contributed by atoms with Crippen LogP contribution in [0, 0.1) is 6.92 Å². The van der Waals surface area contributed by atoms with E-state index in [1.807, 2.05) is 36.4 Å². The first-order chi connectivity index (χ1) is 29.0. The van der Waals surface area contributed by atoms with E-state index in [1.165, 1.54) is 11.1 Å². The molecule has 0 radical (unpaired) electrons. The molecule has 5 aromatic rings. The summed E-state index contributed by atoms with van der Waals surface area (Å²) in [5, 5.41) is 22.3. The molecule has 4 N–H and O–H groups in total. The van der Waals surface area contributed by atoms with Crippen molar-refractivity contribution in [3.05, 3.63) is 95.7 Å². The molecule has 4 aliphatic heterocycles. The van der Waals surface area contributed by atoms with Gasteiger partial charge in [-0.1, -0.05) is 36.4 Å². The predicted octanol–water partition coefficient (Wildman–Crippen LogP) is 6.69. The first kappa shape index (κ1) is 39.4. The third-order valence-electron chi connectivity index (χ3n) is 13.2. The molecule has 14 heteroatoms. The van der Waals surface area contributed by atoms with Gasteiger partial charge in [0.15, 0.2) is 11.5 Å². The largest absolute Gasteiger partial charge is 0.507 e. The maximum Gasteiger partial charge on any atom is 0.328 e. The van der Waals surface area contributed by atoms with E-state index in [1.54, 1.807) is 21.9 Å². The number of piperidine rings is 3. The van der Waals surface area contributed by atoms with Crippen molar-refractivity contribution in [2.24, 2.45) is 0 Å². The van der Waals surface area contributed by atoms with E-state index in [0.717, 1.165) is 66.6 Å². The summed E-state index contributed by atoms with van der Waals surface area (Å²) in [6, 6.07) is 23.5. The van der Waals surface area contributed by atoms with Crippen molar-refractivity contribution in [3.63, 3.8) is 0 Å². The second kappa shape index (κ2) is 16.2. The van der Waals surface area contributed by atoms with Gasteiger partial charge in [-0.25, -0.2) is 9.18 Å². The van der Waals surface area contributed by atoms with Crippen LogP contribution in [0.1, 0.15) is 73.6 Å². The summed E-state index contributed by atoms with van der Waals surface area (Å²) in [6.07, 6.45) is 6.32. The number of carbonyl (C=O) groups is 3. The number of para-hydroxylation sites is 1. The third kappa shape index (κ3) is 7.76. The highest BCUT2D eigenvalue weighted by molar-refractivity contribution is 6.06. The van der Waals surface area contributed by atoms with Crippen LogP contribution in [0.25, 0.3) is 22.2 Å². The lowest BCUT2D eigenvalue weighted by Gasteiger charge is -2.40. The second-order valence-corrected chi connectivity index (χ2v) is 17.0. The van der Waals surface area contributed by atoms with Crippen molar-refractivity contribution >= 4 is 45.9 Å². The Morgan fingerprint density at radius 1 is 0.933 bits per heavy atom. The smallest absolute Gasteiger partial charge is 0.328 e. The van der Waals surface area contributed by atoms with Crippen LogP contribution < -0.4 is 20.9 Å². The molecule has 4 saturated heterocycles. The number of benzene rings is 3. The molecule has 60 heavy (non-hydrogen) atoms. The van der Waals surface area contributed by atoms with E-state index in [-0.39, 0.29) is 42.9 Å². The number of alkyl halides is 1. The number of anilines is 3. The van der Waals surface area contributed by atoms with Gasteiger partial charge in [-0.05, 0) is 85.7 Å². The Balaban J connectivity index is 0.767. The number of aromatic hydroxyl groups is 1. The highest BCUT2D eigenvalue weighted by Crippen LogP contribution is 2.38. The molecular formula is C46H52FN9O4. The highest BCUT2D eigenvalue weighted by Gasteiger charge is 2.45. The number of amides is 4.